The maximum absolute atomic E-state index is 13.0. The van der Waals surface area contributed by atoms with Crippen molar-refractivity contribution in [3.8, 4) is 0 Å². The van der Waals surface area contributed by atoms with Crippen LogP contribution in [0.4, 0.5) is 4.39 Å². The molecule has 1 aliphatic rings. The van der Waals surface area contributed by atoms with Gasteiger partial charge in [-0.05, 0) is 51.0 Å². The first-order valence-electron chi connectivity index (χ1n) is 9.37. The van der Waals surface area contributed by atoms with Crippen molar-refractivity contribution in [3.63, 3.8) is 0 Å². The SMILES string of the molecule is C[C@H](NS(=O)(=O)c1ccc(F)cc1)C(=O)O[C@H](C)C(=O)N(C)C1CCCCC1. The van der Waals surface area contributed by atoms with E-state index in [0.29, 0.717) is 0 Å². The molecule has 9 heteroatoms. The van der Waals surface area contributed by atoms with Gasteiger partial charge in [0.15, 0.2) is 6.10 Å². The Morgan fingerprint density at radius 3 is 2.29 bits per heavy atom. The van der Waals surface area contributed by atoms with Gasteiger partial charge in [-0.2, -0.15) is 4.72 Å². The fourth-order valence-electron chi connectivity index (χ4n) is 3.22. The van der Waals surface area contributed by atoms with Crippen molar-refractivity contribution >= 4 is 21.9 Å². The van der Waals surface area contributed by atoms with E-state index in [2.05, 4.69) is 4.72 Å². The molecule has 0 spiro atoms. The lowest BCUT2D eigenvalue weighted by molar-refractivity contribution is -0.160. The average molecular weight is 414 g/mol. The summed E-state index contributed by atoms with van der Waals surface area (Å²) in [4.78, 5) is 26.2. The van der Waals surface area contributed by atoms with Crippen molar-refractivity contribution in [2.75, 3.05) is 7.05 Å². The smallest absolute Gasteiger partial charge is 0.324 e. The van der Waals surface area contributed by atoms with Crippen molar-refractivity contribution in [2.24, 2.45) is 0 Å². The van der Waals surface area contributed by atoms with Gasteiger partial charge < -0.3 is 9.64 Å². The van der Waals surface area contributed by atoms with Crippen LogP contribution in [0.2, 0.25) is 0 Å². The molecule has 1 aliphatic carbocycles. The van der Waals surface area contributed by atoms with Crippen LogP contribution in [0.5, 0.6) is 0 Å². The highest BCUT2D eigenvalue weighted by Crippen LogP contribution is 2.22. The summed E-state index contributed by atoms with van der Waals surface area (Å²) < 4.78 is 44.9. The van der Waals surface area contributed by atoms with E-state index in [0.717, 1.165) is 56.4 Å². The number of esters is 1. The fraction of sp³-hybridized carbons (Fsp3) is 0.579. The standard InChI is InChI=1S/C19H27FN2O5S/c1-13(21-28(25,26)17-11-9-15(20)10-12-17)19(24)27-14(2)18(23)22(3)16-7-5-4-6-8-16/h9-14,16,21H,4-8H2,1-3H3/t13-,14+/m0/s1. The van der Waals surface area contributed by atoms with E-state index >= 15 is 0 Å². The Balaban J connectivity index is 1.93. The molecule has 2 rings (SSSR count). The summed E-state index contributed by atoms with van der Waals surface area (Å²) in [6, 6.07) is 3.16. The molecular weight excluding hydrogens is 387 g/mol. The molecule has 1 aromatic carbocycles. The zero-order valence-corrected chi connectivity index (χ0v) is 17.2. The predicted molar refractivity (Wildman–Crippen MR) is 101 cm³/mol. The van der Waals surface area contributed by atoms with Crippen molar-refractivity contribution in [2.45, 2.75) is 69.0 Å². The van der Waals surface area contributed by atoms with Crippen molar-refractivity contribution < 1.29 is 27.1 Å². The van der Waals surface area contributed by atoms with Crippen molar-refractivity contribution in [1.82, 2.24) is 9.62 Å². The van der Waals surface area contributed by atoms with Crippen LogP contribution in [0.3, 0.4) is 0 Å². The van der Waals surface area contributed by atoms with Crippen LogP contribution in [0.1, 0.15) is 46.0 Å². The van der Waals surface area contributed by atoms with E-state index in [1.54, 1.807) is 11.9 Å². The second kappa shape index (κ2) is 9.47. The van der Waals surface area contributed by atoms with Gasteiger partial charge in [0, 0.05) is 13.1 Å². The average Bonchev–Trinajstić information content (AvgIpc) is 2.67. The number of carbonyl (C=O) groups excluding carboxylic acids is 2. The molecule has 1 amide bonds. The first kappa shape index (κ1) is 22.3. The van der Waals surface area contributed by atoms with Gasteiger partial charge >= 0.3 is 5.97 Å². The summed E-state index contributed by atoms with van der Waals surface area (Å²) in [5.41, 5.74) is 0. The number of benzene rings is 1. The van der Waals surface area contributed by atoms with Gasteiger partial charge in [0.05, 0.1) is 4.90 Å². The highest BCUT2D eigenvalue weighted by molar-refractivity contribution is 7.89. The van der Waals surface area contributed by atoms with Crippen LogP contribution >= 0.6 is 0 Å². The number of nitrogens with zero attached hydrogens (tertiary/aromatic N) is 1. The Hall–Kier alpha value is -2.00. The van der Waals surface area contributed by atoms with Gasteiger partial charge in [-0.1, -0.05) is 19.3 Å². The topological polar surface area (TPSA) is 92.8 Å². The maximum Gasteiger partial charge on any atom is 0.324 e. The molecule has 1 fully saturated rings. The Labute approximate surface area is 165 Å². The van der Waals surface area contributed by atoms with Gasteiger partial charge in [0.25, 0.3) is 5.91 Å². The number of hydrogen-bond acceptors (Lipinski definition) is 5. The third kappa shape index (κ3) is 5.75. The van der Waals surface area contributed by atoms with Crippen LogP contribution in [0, 0.1) is 5.82 Å². The Bertz CT molecular complexity index is 791. The largest absolute Gasteiger partial charge is 0.451 e. The number of nitrogens with one attached hydrogen (secondary N) is 1. The van der Waals surface area contributed by atoms with Crippen LogP contribution in [-0.4, -0.2) is 50.4 Å². The molecule has 7 nitrogen and oxygen atoms in total. The molecule has 0 heterocycles. The Morgan fingerprint density at radius 2 is 1.71 bits per heavy atom. The van der Waals surface area contributed by atoms with Crippen LogP contribution in [0.25, 0.3) is 0 Å². The Morgan fingerprint density at radius 1 is 1.14 bits per heavy atom. The molecule has 0 unspecified atom stereocenters. The van der Waals surface area contributed by atoms with E-state index in [-0.39, 0.29) is 16.8 Å². The molecule has 0 saturated heterocycles. The third-order valence-electron chi connectivity index (χ3n) is 4.92. The van der Waals surface area contributed by atoms with Gasteiger partial charge in [-0.25, -0.2) is 12.8 Å². The minimum absolute atomic E-state index is 0.136. The van der Waals surface area contributed by atoms with E-state index in [1.165, 1.54) is 13.8 Å². The Kier molecular flexibility index (Phi) is 7.54. The first-order valence-corrected chi connectivity index (χ1v) is 10.8. The molecule has 28 heavy (non-hydrogen) atoms. The van der Waals surface area contributed by atoms with E-state index in [9.17, 15) is 22.4 Å². The molecule has 156 valence electrons. The van der Waals surface area contributed by atoms with Crippen molar-refractivity contribution in [1.29, 1.82) is 0 Å². The van der Waals surface area contributed by atoms with E-state index in [1.807, 2.05) is 0 Å². The van der Waals surface area contributed by atoms with Gasteiger partial charge in [0.2, 0.25) is 10.0 Å². The number of likely N-dealkylation sites (N-methyl/N-ethyl adjacent to an activating group) is 1. The highest BCUT2D eigenvalue weighted by Gasteiger charge is 2.30. The first-order chi connectivity index (χ1) is 13.1. The second-order valence-electron chi connectivity index (χ2n) is 7.12. The second-order valence-corrected chi connectivity index (χ2v) is 8.83. The van der Waals surface area contributed by atoms with Crippen LogP contribution in [0.15, 0.2) is 29.2 Å². The monoisotopic (exact) mass is 414 g/mol. The summed E-state index contributed by atoms with van der Waals surface area (Å²) in [5, 5.41) is 0. The lowest BCUT2D eigenvalue weighted by Crippen LogP contribution is -2.46. The lowest BCUT2D eigenvalue weighted by atomic mass is 9.94. The van der Waals surface area contributed by atoms with Crippen LogP contribution < -0.4 is 4.72 Å². The summed E-state index contributed by atoms with van der Waals surface area (Å²) in [5.74, 6) is -1.74. The predicted octanol–water partition coefficient (Wildman–Crippen LogP) is 2.22. The summed E-state index contributed by atoms with van der Waals surface area (Å²) in [7, 11) is -2.33. The minimum atomic E-state index is -4.02. The fourth-order valence-corrected chi connectivity index (χ4v) is 4.42. The highest BCUT2D eigenvalue weighted by atomic mass is 32.2. The molecule has 0 radical (unpaired) electrons. The third-order valence-corrected chi connectivity index (χ3v) is 6.48. The molecular formula is C19H27FN2O5S. The summed E-state index contributed by atoms with van der Waals surface area (Å²) in [6.07, 6.45) is 4.14. The summed E-state index contributed by atoms with van der Waals surface area (Å²) >= 11 is 0. The number of amides is 1. The molecule has 1 N–H and O–H groups in total. The number of hydrogen-bond donors (Lipinski definition) is 1. The molecule has 0 bridgehead atoms. The molecule has 1 aromatic rings. The lowest BCUT2D eigenvalue weighted by Gasteiger charge is -2.32. The minimum Gasteiger partial charge on any atom is -0.451 e. The van der Waals surface area contributed by atoms with Gasteiger partial charge in [-0.3, -0.25) is 9.59 Å². The molecule has 0 aliphatic heterocycles. The van der Waals surface area contributed by atoms with Crippen molar-refractivity contribution in [3.05, 3.63) is 30.1 Å². The number of rotatable bonds is 7. The number of halogens is 1. The zero-order chi connectivity index (χ0) is 20.9. The quantitative estimate of drug-likeness (QED) is 0.691. The maximum atomic E-state index is 13.0. The van der Waals surface area contributed by atoms with Gasteiger partial charge in [-0.15, -0.1) is 0 Å². The zero-order valence-electron chi connectivity index (χ0n) is 16.4. The summed E-state index contributed by atoms with van der Waals surface area (Å²) in [6.45, 7) is 2.80. The van der Waals surface area contributed by atoms with Crippen LogP contribution in [-0.2, 0) is 24.3 Å². The van der Waals surface area contributed by atoms with E-state index in [4.69, 9.17) is 4.74 Å². The van der Waals surface area contributed by atoms with E-state index < -0.39 is 34.0 Å². The molecule has 2 atom stereocenters. The normalized spacial score (nSPS) is 17.6. The molecule has 1 saturated carbocycles. The van der Waals surface area contributed by atoms with Gasteiger partial charge in [0.1, 0.15) is 11.9 Å². The number of sulfonamides is 1. The number of ether oxygens (including phenoxy) is 1. The molecule has 0 aromatic heterocycles. The number of carbonyl (C=O) groups is 2.